The van der Waals surface area contributed by atoms with Gasteiger partial charge in [-0.2, -0.15) is 0 Å². The van der Waals surface area contributed by atoms with Gasteiger partial charge in [0, 0.05) is 0 Å². The van der Waals surface area contributed by atoms with Crippen LogP contribution in [-0.4, -0.2) is 17.8 Å². The van der Waals surface area contributed by atoms with Gasteiger partial charge in [0.2, 0.25) is 0 Å². The van der Waals surface area contributed by atoms with Crippen molar-refractivity contribution >= 4 is 0 Å². The molecule has 0 amide bonds. The van der Waals surface area contributed by atoms with Crippen LogP contribution in [0.2, 0.25) is 0 Å². The Bertz CT molecular complexity index is 405. The molecule has 2 rings (SSSR count). The normalized spacial score (nSPS) is 35.9. The minimum Gasteiger partial charge on any atom is -0.372 e. The van der Waals surface area contributed by atoms with E-state index in [-0.39, 0.29) is 17.8 Å². The second kappa shape index (κ2) is 4.94. The lowest BCUT2D eigenvalue weighted by Gasteiger charge is -2.29. The van der Waals surface area contributed by atoms with Gasteiger partial charge in [-0.25, -0.2) is 8.78 Å². The molecule has 0 saturated heterocycles. The summed E-state index contributed by atoms with van der Waals surface area (Å²) in [6.45, 7) is 3.87. The Balaban J connectivity index is 1.96. The zero-order valence-electron chi connectivity index (χ0n) is 10.7. The molecule has 0 spiro atoms. The number of nitrogens with two attached hydrogens (primary N) is 1. The Kier molecular flexibility index (Phi) is 3.69. The van der Waals surface area contributed by atoms with Crippen LogP contribution in [0.4, 0.5) is 8.78 Å². The van der Waals surface area contributed by atoms with Crippen molar-refractivity contribution in [2.75, 3.05) is 0 Å². The van der Waals surface area contributed by atoms with Crippen molar-refractivity contribution in [1.82, 2.24) is 0 Å². The third-order valence-electron chi connectivity index (χ3n) is 3.74. The molecule has 2 N–H and O–H groups in total. The number of halogens is 2. The zero-order chi connectivity index (χ0) is 13.3. The molecule has 0 aliphatic heterocycles. The van der Waals surface area contributed by atoms with Crippen molar-refractivity contribution in [3.8, 4) is 0 Å². The van der Waals surface area contributed by atoms with E-state index in [1.807, 2.05) is 6.92 Å². The second-order valence-corrected chi connectivity index (χ2v) is 5.41. The average Bonchev–Trinajstić information content (AvgIpc) is 2.52. The van der Waals surface area contributed by atoms with E-state index >= 15 is 0 Å². The quantitative estimate of drug-likeness (QED) is 0.901. The van der Waals surface area contributed by atoms with Crippen LogP contribution >= 0.6 is 0 Å². The zero-order valence-corrected chi connectivity index (χ0v) is 10.7. The van der Waals surface area contributed by atoms with Crippen molar-refractivity contribution in [2.45, 2.75) is 44.7 Å². The van der Waals surface area contributed by atoms with Crippen LogP contribution in [0.5, 0.6) is 0 Å². The molecule has 2 nitrogen and oxygen atoms in total. The topological polar surface area (TPSA) is 35.2 Å². The number of hydrogen-bond acceptors (Lipinski definition) is 2. The first kappa shape index (κ1) is 13.4. The highest BCUT2D eigenvalue weighted by molar-refractivity contribution is 5.15. The molecule has 1 aromatic rings. The summed E-state index contributed by atoms with van der Waals surface area (Å²) < 4.78 is 32.3. The Morgan fingerprint density at radius 1 is 1.39 bits per heavy atom. The average molecular weight is 255 g/mol. The largest absolute Gasteiger partial charge is 0.372 e. The molecule has 0 bridgehead atoms. The summed E-state index contributed by atoms with van der Waals surface area (Å²) in [6.07, 6.45) is -0.724. The van der Waals surface area contributed by atoms with Gasteiger partial charge in [-0.15, -0.1) is 0 Å². The molecular weight excluding hydrogens is 236 g/mol. The Morgan fingerprint density at radius 2 is 2.00 bits per heavy atom. The molecule has 1 aliphatic rings. The minimum atomic E-state index is -1.05. The SMILES string of the molecule is C[C@H]1C[C@@H](OCc2ccc(F)cc2)[C@](C)(N)C1F. The van der Waals surface area contributed by atoms with Gasteiger partial charge < -0.3 is 10.5 Å². The number of ether oxygens (including phenoxy) is 1. The lowest BCUT2D eigenvalue weighted by atomic mass is 9.96. The Morgan fingerprint density at radius 3 is 2.50 bits per heavy atom. The van der Waals surface area contributed by atoms with Crippen LogP contribution in [0.3, 0.4) is 0 Å². The molecule has 1 aliphatic carbocycles. The fourth-order valence-electron chi connectivity index (χ4n) is 2.53. The van der Waals surface area contributed by atoms with Gasteiger partial charge in [-0.05, 0) is 37.0 Å². The van der Waals surface area contributed by atoms with Crippen molar-refractivity contribution in [1.29, 1.82) is 0 Å². The molecular formula is C14H19F2NO. The maximum absolute atomic E-state index is 13.9. The van der Waals surface area contributed by atoms with Gasteiger partial charge in [0.25, 0.3) is 0 Å². The van der Waals surface area contributed by atoms with E-state index in [4.69, 9.17) is 10.5 Å². The van der Waals surface area contributed by atoms with Crippen LogP contribution < -0.4 is 5.73 Å². The van der Waals surface area contributed by atoms with Crippen molar-refractivity contribution in [3.63, 3.8) is 0 Å². The maximum Gasteiger partial charge on any atom is 0.123 e. The van der Waals surface area contributed by atoms with Crippen LogP contribution in [0.25, 0.3) is 0 Å². The monoisotopic (exact) mass is 255 g/mol. The first-order chi connectivity index (χ1) is 8.41. The van der Waals surface area contributed by atoms with Crippen LogP contribution in [-0.2, 0) is 11.3 Å². The predicted molar refractivity (Wildman–Crippen MR) is 66.2 cm³/mol. The van der Waals surface area contributed by atoms with Crippen LogP contribution in [0.15, 0.2) is 24.3 Å². The van der Waals surface area contributed by atoms with Crippen molar-refractivity contribution in [2.24, 2.45) is 11.7 Å². The van der Waals surface area contributed by atoms with Gasteiger partial charge in [0.15, 0.2) is 0 Å². The van der Waals surface area contributed by atoms with Crippen molar-refractivity contribution in [3.05, 3.63) is 35.6 Å². The summed E-state index contributed by atoms with van der Waals surface area (Å²) in [5, 5.41) is 0. The molecule has 4 atom stereocenters. The van der Waals surface area contributed by atoms with E-state index in [9.17, 15) is 8.78 Å². The van der Waals surface area contributed by atoms with Crippen LogP contribution in [0.1, 0.15) is 25.8 Å². The molecule has 0 aromatic heterocycles. The molecule has 1 unspecified atom stereocenters. The van der Waals surface area contributed by atoms with Gasteiger partial charge in [-0.1, -0.05) is 19.1 Å². The lowest BCUT2D eigenvalue weighted by Crippen LogP contribution is -2.51. The number of alkyl halides is 1. The van der Waals surface area contributed by atoms with E-state index in [1.54, 1.807) is 19.1 Å². The lowest BCUT2D eigenvalue weighted by molar-refractivity contribution is -0.00265. The van der Waals surface area contributed by atoms with E-state index in [0.29, 0.717) is 13.0 Å². The molecule has 1 fully saturated rings. The van der Waals surface area contributed by atoms with Gasteiger partial charge >= 0.3 is 0 Å². The van der Waals surface area contributed by atoms with E-state index < -0.39 is 11.7 Å². The molecule has 1 aromatic carbocycles. The summed E-state index contributed by atoms with van der Waals surface area (Å²) >= 11 is 0. The third kappa shape index (κ3) is 2.54. The summed E-state index contributed by atoms with van der Waals surface area (Å²) in [5.41, 5.74) is 5.90. The highest BCUT2D eigenvalue weighted by Gasteiger charge is 2.49. The second-order valence-electron chi connectivity index (χ2n) is 5.41. The van der Waals surface area contributed by atoms with Crippen molar-refractivity contribution < 1.29 is 13.5 Å². The number of rotatable bonds is 3. The summed E-state index contributed by atoms with van der Waals surface area (Å²) in [5.74, 6) is -0.362. The molecule has 0 heterocycles. The molecule has 4 heteroatoms. The maximum atomic E-state index is 13.9. The highest BCUT2D eigenvalue weighted by atomic mass is 19.1. The fraction of sp³-hybridized carbons (Fsp3) is 0.571. The number of benzene rings is 1. The fourth-order valence-corrected chi connectivity index (χ4v) is 2.53. The first-order valence-electron chi connectivity index (χ1n) is 6.20. The molecule has 0 radical (unpaired) electrons. The summed E-state index contributed by atoms with van der Waals surface area (Å²) in [7, 11) is 0. The smallest absolute Gasteiger partial charge is 0.123 e. The van der Waals surface area contributed by atoms with E-state index in [2.05, 4.69) is 0 Å². The molecule has 1 saturated carbocycles. The third-order valence-corrected chi connectivity index (χ3v) is 3.74. The molecule has 18 heavy (non-hydrogen) atoms. The Labute approximate surface area is 106 Å². The Hall–Kier alpha value is -1.00. The van der Waals surface area contributed by atoms with Gasteiger partial charge in [-0.3, -0.25) is 0 Å². The first-order valence-corrected chi connectivity index (χ1v) is 6.20. The van der Waals surface area contributed by atoms with Crippen LogP contribution in [0, 0.1) is 11.7 Å². The van der Waals surface area contributed by atoms with Gasteiger partial charge in [0.1, 0.15) is 12.0 Å². The highest BCUT2D eigenvalue weighted by Crippen LogP contribution is 2.37. The molecule has 100 valence electrons. The minimum absolute atomic E-state index is 0.0850. The predicted octanol–water partition coefficient (Wildman–Crippen LogP) is 2.81. The van der Waals surface area contributed by atoms with E-state index in [0.717, 1.165) is 5.56 Å². The number of hydrogen-bond donors (Lipinski definition) is 1. The van der Waals surface area contributed by atoms with Gasteiger partial charge in [0.05, 0.1) is 18.2 Å². The summed E-state index contributed by atoms with van der Waals surface area (Å²) in [4.78, 5) is 0. The van der Waals surface area contributed by atoms with E-state index in [1.165, 1.54) is 12.1 Å². The standard InChI is InChI=1S/C14H19F2NO/c1-9-7-12(14(2,17)13(9)16)18-8-10-3-5-11(15)6-4-10/h3-6,9,12-13H,7-8,17H2,1-2H3/t9-,12+,13?,14-/m0/s1. The summed E-state index contributed by atoms with van der Waals surface area (Å²) in [6, 6.07) is 6.09.